The quantitative estimate of drug-likeness (QED) is 0.207. The maximum absolute atomic E-state index is 13.9. The summed E-state index contributed by atoms with van der Waals surface area (Å²) in [5.74, 6) is 1.48. The van der Waals surface area contributed by atoms with Crippen LogP contribution >= 0.6 is 0 Å². The Labute approximate surface area is 258 Å². The third kappa shape index (κ3) is 8.20. The first-order chi connectivity index (χ1) is 20.7. The number of phenols is 1. The van der Waals surface area contributed by atoms with E-state index in [1.165, 1.54) is 25.3 Å². The lowest BCUT2D eigenvalue weighted by Crippen LogP contribution is -2.62. The van der Waals surface area contributed by atoms with Crippen molar-refractivity contribution < 1.29 is 19.4 Å². The first kappa shape index (κ1) is 31.6. The zero-order valence-electron chi connectivity index (χ0n) is 26.5. The number of rotatable bonds is 13. The highest BCUT2D eigenvalue weighted by Gasteiger charge is 2.55. The number of amides is 1. The summed E-state index contributed by atoms with van der Waals surface area (Å²) in [6.45, 7) is 9.56. The summed E-state index contributed by atoms with van der Waals surface area (Å²) in [5.41, 5.74) is 2.19. The molecule has 2 aromatic carbocycles. The molecule has 0 spiro atoms. The Morgan fingerprint density at radius 2 is 1.86 bits per heavy atom. The van der Waals surface area contributed by atoms with Gasteiger partial charge in [-0.25, -0.2) is 0 Å². The number of nitrogens with zero attached hydrogens (tertiary/aromatic N) is 2. The average molecular weight is 589 g/mol. The van der Waals surface area contributed by atoms with Gasteiger partial charge in [-0.15, -0.1) is 0 Å². The van der Waals surface area contributed by atoms with Gasteiger partial charge in [0.2, 0.25) is 5.91 Å². The Hall–Kier alpha value is -2.86. The molecular formula is C37H52N2O4. The predicted molar refractivity (Wildman–Crippen MR) is 171 cm³/mol. The van der Waals surface area contributed by atoms with Gasteiger partial charge in [-0.2, -0.15) is 0 Å². The molecule has 2 aromatic rings. The molecule has 234 valence electrons. The fourth-order valence-electron chi connectivity index (χ4n) is 7.87. The number of aryl methyl sites for hydroxylation is 1. The molecule has 4 unspecified atom stereocenters. The molecule has 3 fully saturated rings. The highest BCUT2D eigenvalue weighted by molar-refractivity contribution is 5.76. The molecule has 0 radical (unpaired) electrons. The minimum absolute atomic E-state index is 0.0165. The van der Waals surface area contributed by atoms with E-state index in [-0.39, 0.29) is 41.1 Å². The minimum atomic E-state index is -0.271. The number of fused-ring (bicyclic) bond motifs is 1. The number of piperidine rings is 1. The number of esters is 1. The van der Waals surface area contributed by atoms with Gasteiger partial charge in [0.15, 0.2) is 0 Å². The van der Waals surface area contributed by atoms with E-state index in [0.29, 0.717) is 25.3 Å². The van der Waals surface area contributed by atoms with Gasteiger partial charge in [-0.3, -0.25) is 9.59 Å². The zero-order chi connectivity index (χ0) is 30.4. The highest BCUT2D eigenvalue weighted by atomic mass is 16.5. The van der Waals surface area contributed by atoms with Crippen molar-refractivity contribution in [2.24, 2.45) is 17.8 Å². The molecule has 2 aliphatic carbocycles. The lowest BCUT2D eigenvalue weighted by Gasteiger charge is -2.57. The fourth-order valence-corrected chi connectivity index (χ4v) is 7.87. The smallest absolute Gasteiger partial charge is 0.302 e. The number of hydrogen-bond acceptors (Lipinski definition) is 5. The van der Waals surface area contributed by atoms with Gasteiger partial charge < -0.3 is 19.6 Å². The number of carbonyl (C=O) groups is 2. The molecule has 6 heteroatoms. The van der Waals surface area contributed by atoms with Crippen LogP contribution in [0.5, 0.6) is 5.75 Å². The molecule has 5 rings (SSSR count). The van der Waals surface area contributed by atoms with Gasteiger partial charge in [0.1, 0.15) is 11.9 Å². The Kier molecular flexibility index (Phi) is 10.5. The van der Waals surface area contributed by atoms with Crippen molar-refractivity contribution in [2.75, 3.05) is 26.2 Å². The van der Waals surface area contributed by atoms with E-state index < -0.39 is 0 Å². The van der Waals surface area contributed by atoms with Gasteiger partial charge in [0.25, 0.3) is 0 Å². The molecule has 1 aliphatic heterocycles. The van der Waals surface area contributed by atoms with Gasteiger partial charge in [-0.1, -0.05) is 62.7 Å². The number of aromatic hydroxyl groups is 1. The molecule has 6 nitrogen and oxygen atoms in total. The second-order valence-corrected chi connectivity index (χ2v) is 14.0. The number of benzene rings is 2. The van der Waals surface area contributed by atoms with Crippen molar-refractivity contribution in [3.63, 3.8) is 0 Å². The molecule has 1 saturated heterocycles. The summed E-state index contributed by atoms with van der Waals surface area (Å²) in [4.78, 5) is 31.1. The number of hydrogen-bond donors (Lipinski definition) is 1. The second kappa shape index (κ2) is 14.3. The third-order valence-corrected chi connectivity index (χ3v) is 10.1. The number of ether oxygens (including phenoxy) is 1. The van der Waals surface area contributed by atoms with E-state index in [2.05, 4.69) is 54.0 Å². The van der Waals surface area contributed by atoms with Crippen LogP contribution in [0.2, 0.25) is 0 Å². The van der Waals surface area contributed by atoms with Crippen LogP contribution in [0.15, 0.2) is 54.6 Å². The van der Waals surface area contributed by atoms with Crippen molar-refractivity contribution in [1.82, 2.24) is 9.80 Å². The third-order valence-electron chi connectivity index (χ3n) is 10.1. The Balaban J connectivity index is 1.36. The van der Waals surface area contributed by atoms with Crippen molar-refractivity contribution in [3.8, 4) is 5.75 Å². The summed E-state index contributed by atoms with van der Waals surface area (Å²) in [6, 6.07) is 18.3. The molecule has 1 N–H and O–H groups in total. The fraction of sp³-hybridized carbons (Fsp3) is 0.622. The van der Waals surface area contributed by atoms with Crippen molar-refractivity contribution >= 4 is 11.9 Å². The van der Waals surface area contributed by atoms with Crippen molar-refractivity contribution in [1.29, 1.82) is 0 Å². The second-order valence-electron chi connectivity index (χ2n) is 14.0. The van der Waals surface area contributed by atoms with Gasteiger partial charge in [0.05, 0.1) is 0 Å². The number of phenolic OH excluding ortho intramolecular Hbond substituents is 1. The van der Waals surface area contributed by atoms with Crippen LogP contribution in [-0.4, -0.2) is 65.1 Å². The monoisotopic (exact) mass is 588 g/mol. The van der Waals surface area contributed by atoms with Gasteiger partial charge in [0, 0.05) is 56.8 Å². The molecule has 1 amide bonds. The molecule has 1 heterocycles. The van der Waals surface area contributed by atoms with Crippen LogP contribution < -0.4 is 0 Å². The van der Waals surface area contributed by atoms with Gasteiger partial charge >= 0.3 is 5.97 Å². The predicted octanol–water partition coefficient (Wildman–Crippen LogP) is 6.74. The number of unbranched alkanes of at least 4 members (excludes halogenated alkanes) is 2. The Morgan fingerprint density at radius 1 is 1.07 bits per heavy atom. The van der Waals surface area contributed by atoms with Crippen LogP contribution in [0.25, 0.3) is 0 Å². The summed E-state index contributed by atoms with van der Waals surface area (Å²) >= 11 is 0. The standard InChI is InChI=1S/C37H52N2O4/c1-27(2)24-39(36(42)16-9-5-8-13-29-11-6-4-7-12-29)32-22-35(43-28(3)40)34-26-38(25-30-17-18-30)20-19-37(34,23-32)31-14-10-15-33(41)21-31/h4,6-7,10-12,14-15,21,27,30,32,34-35,41H,5,8-9,13,16-20,22-26H2,1-3H3. The van der Waals surface area contributed by atoms with Crippen LogP contribution in [0.4, 0.5) is 0 Å². The summed E-state index contributed by atoms with van der Waals surface area (Å²) in [7, 11) is 0. The van der Waals surface area contributed by atoms with E-state index >= 15 is 0 Å². The number of likely N-dealkylation sites (tertiary alicyclic amines) is 1. The topological polar surface area (TPSA) is 70.1 Å². The number of carbonyl (C=O) groups excluding carboxylic acids is 2. The van der Waals surface area contributed by atoms with Crippen LogP contribution in [0.1, 0.15) is 89.7 Å². The minimum Gasteiger partial charge on any atom is -0.508 e. The molecule has 43 heavy (non-hydrogen) atoms. The molecule has 4 atom stereocenters. The van der Waals surface area contributed by atoms with E-state index in [4.69, 9.17) is 4.74 Å². The van der Waals surface area contributed by atoms with E-state index in [1.807, 2.05) is 18.2 Å². The lowest BCUT2D eigenvalue weighted by atomic mass is 9.56. The summed E-state index contributed by atoms with van der Waals surface area (Å²) in [5, 5.41) is 10.6. The van der Waals surface area contributed by atoms with Crippen LogP contribution in [-0.2, 0) is 26.2 Å². The normalized spacial score (nSPS) is 25.7. The maximum atomic E-state index is 13.9. The van der Waals surface area contributed by atoms with Crippen LogP contribution in [0, 0.1) is 17.8 Å². The van der Waals surface area contributed by atoms with Crippen molar-refractivity contribution in [3.05, 3.63) is 65.7 Å². The average Bonchev–Trinajstić information content (AvgIpc) is 3.80. The molecule has 0 bridgehead atoms. The maximum Gasteiger partial charge on any atom is 0.302 e. The van der Waals surface area contributed by atoms with Gasteiger partial charge in [-0.05, 0) is 86.6 Å². The first-order valence-electron chi connectivity index (χ1n) is 16.8. The van der Waals surface area contributed by atoms with E-state index in [9.17, 15) is 14.7 Å². The Bertz CT molecular complexity index is 1210. The Morgan fingerprint density at radius 3 is 2.56 bits per heavy atom. The summed E-state index contributed by atoms with van der Waals surface area (Å²) < 4.78 is 6.16. The first-order valence-corrected chi connectivity index (χ1v) is 16.8. The van der Waals surface area contributed by atoms with Crippen molar-refractivity contribution in [2.45, 2.75) is 103 Å². The highest BCUT2D eigenvalue weighted by Crippen LogP contribution is 2.52. The van der Waals surface area contributed by atoms with Crippen LogP contribution in [0.3, 0.4) is 0 Å². The summed E-state index contributed by atoms with van der Waals surface area (Å²) in [6.07, 6.45) is 9.40. The zero-order valence-corrected chi connectivity index (χ0v) is 26.5. The molecule has 3 aliphatic rings. The lowest BCUT2D eigenvalue weighted by molar-refractivity contribution is -0.161. The molecular weight excluding hydrogens is 536 g/mol. The molecule has 0 aromatic heterocycles. The van der Waals surface area contributed by atoms with E-state index in [0.717, 1.165) is 69.6 Å². The largest absolute Gasteiger partial charge is 0.508 e. The molecule has 2 saturated carbocycles. The van der Waals surface area contributed by atoms with E-state index in [1.54, 1.807) is 6.07 Å². The SMILES string of the molecule is CC(=O)OC1CC(N(CC(C)C)C(=O)CCCCCc2ccccc2)CC2(c3cccc(O)c3)CCN(CC3CC3)CC12.